The third kappa shape index (κ3) is 1.66. The molecule has 1 fully saturated rings. The Morgan fingerprint density at radius 2 is 2.11 bits per heavy atom. The van der Waals surface area contributed by atoms with Crippen molar-refractivity contribution in [2.45, 2.75) is 31.2 Å². The van der Waals surface area contributed by atoms with E-state index >= 15 is 0 Å². The number of nitrogens with zero attached hydrogens (tertiary/aromatic N) is 4. The van der Waals surface area contributed by atoms with E-state index in [1.807, 2.05) is 36.6 Å². The number of hydrogen-bond acceptors (Lipinski definition) is 3. The van der Waals surface area contributed by atoms with Gasteiger partial charge in [-0.15, -0.1) is 0 Å². The molecule has 1 aliphatic rings. The molecule has 1 saturated carbocycles. The molecule has 1 aliphatic carbocycles. The molecule has 0 saturated heterocycles. The molecule has 0 bridgehead atoms. The summed E-state index contributed by atoms with van der Waals surface area (Å²) in [5, 5.41) is 4.23. The highest BCUT2D eigenvalue weighted by Crippen LogP contribution is 2.38. The van der Waals surface area contributed by atoms with Crippen LogP contribution in [-0.4, -0.2) is 25.9 Å². The lowest BCUT2D eigenvalue weighted by Gasteiger charge is -2.30. The Hall–Kier alpha value is -1.62. The summed E-state index contributed by atoms with van der Waals surface area (Å²) in [5.41, 5.74) is 8.33. The predicted octanol–water partition coefficient (Wildman–Crippen LogP) is 1.51. The third-order valence-electron chi connectivity index (χ3n) is 4.06. The van der Waals surface area contributed by atoms with E-state index in [2.05, 4.69) is 14.6 Å². The van der Waals surface area contributed by atoms with Crippen LogP contribution in [0.5, 0.6) is 0 Å². The van der Waals surface area contributed by atoms with E-state index in [1.54, 1.807) is 0 Å². The number of imidazole rings is 1. The van der Waals surface area contributed by atoms with E-state index in [-0.39, 0.29) is 5.54 Å². The topological polar surface area (TPSA) is 61.7 Å². The van der Waals surface area contributed by atoms with Crippen molar-refractivity contribution in [3.63, 3.8) is 0 Å². The number of rotatable bonds is 3. The Bertz CT molecular complexity index is 533. The molecule has 2 N–H and O–H groups in total. The van der Waals surface area contributed by atoms with E-state index in [1.165, 1.54) is 12.8 Å². The quantitative estimate of drug-likeness (QED) is 0.891. The molecule has 0 aromatic carbocycles. The summed E-state index contributed by atoms with van der Waals surface area (Å²) in [6.45, 7) is 0.677. The fourth-order valence-corrected chi connectivity index (χ4v) is 3.02. The normalized spacial score (nSPS) is 18.3. The van der Waals surface area contributed by atoms with Gasteiger partial charge >= 0.3 is 0 Å². The zero-order valence-electron chi connectivity index (χ0n) is 10.7. The fourth-order valence-electron chi connectivity index (χ4n) is 3.02. The second kappa shape index (κ2) is 4.24. The van der Waals surface area contributed by atoms with Gasteiger partial charge in [0.25, 0.3) is 0 Å². The first-order chi connectivity index (χ1) is 8.75. The first kappa shape index (κ1) is 11.5. The Balaban J connectivity index is 2.06. The van der Waals surface area contributed by atoms with Crippen molar-refractivity contribution in [2.24, 2.45) is 12.8 Å². The monoisotopic (exact) mass is 245 g/mol. The first-order valence-corrected chi connectivity index (χ1v) is 6.47. The summed E-state index contributed by atoms with van der Waals surface area (Å²) < 4.78 is 4.08. The average Bonchev–Trinajstić information content (AvgIpc) is 3.08. The van der Waals surface area contributed by atoms with E-state index in [0.29, 0.717) is 6.54 Å². The molecule has 2 aromatic rings. The van der Waals surface area contributed by atoms with Crippen LogP contribution < -0.4 is 5.73 Å². The second-order valence-corrected chi connectivity index (χ2v) is 5.19. The van der Waals surface area contributed by atoms with Gasteiger partial charge in [0.15, 0.2) is 0 Å². The van der Waals surface area contributed by atoms with Crippen molar-refractivity contribution < 1.29 is 0 Å². The van der Waals surface area contributed by atoms with Crippen LogP contribution in [0.2, 0.25) is 0 Å². The molecule has 2 aromatic heterocycles. The minimum absolute atomic E-state index is 0.0572. The summed E-state index contributed by atoms with van der Waals surface area (Å²) in [6.07, 6.45) is 12.5. The van der Waals surface area contributed by atoms with Crippen molar-refractivity contribution in [1.29, 1.82) is 0 Å². The minimum atomic E-state index is 0.0572. The maximum absolute atomic E-state index is 6.04. The van der Waals surface area contributed by atoms with Gasteiger partial charge in [-0.25, -0.2) is 4.98 Å². The van der Waals surface area contributed by atoms with Gasteiger partial charge in [0.05, 0.1) is 30.0 Å². The van der Waals surface area contributed by atoms with Gasteiger partial charge in [0.1, 0.15) is 0 Å². The molecule has 2 heterocycles. The van der Waals surface area contributed by atoms with Gasteiger partial charge in [-0.3, -0.25) is 4.68 Å². The molecule has 0 atom stereocenters. The van der Waals surface area contributed by atoms with Gasteiger partial charge in [-0.2, -0.15) is 5.10 Å². The van der Waals surface area contributed by atoms with Gasteiger partial charge < -0.3 is 10.3 Å². The van der Waals surface area contributed by atoms with Crippen molar-refractivity contribution in [3.05, 3.63) is 24.9 Å². The van der Waals surface area contributed by atoms with Crippen LogP contribution in [-0.2, 0) is 12.6 Å². The SMILES string of the molecule is Cn1cc(-c2cncn2C2(CN)CCCC2)cn1. The van der Waals surface area contributed by atoms with Crippen LogP contribution in [0.1, 0.15) is 25.7 Å². The summed E-state index contributed by atoms with van der Waals surface area (Å²) in [6, 6.07) is 0. The highest BCUT2D eigenvalue weighted by Gasteiger charge is 2.35. The van der Waals surface area contributed by atoms with Crippen LogP contribution in [0.4, 0.5) is 0 Å². The summed E-state index contributed by atoms with van der Waals surface area (Å²) >= 11 is 0. The molecule has 5 heteroatoms. The number of hydrogen-bond donors (Lipinski definition) is 1. The van der Waals surface area contributed by atoms with Crippen LogP contribution in [0.15, 0.2) is 24.9 Å². The largest absolute Gasteiger partial charge is 0.328 e. The second-order valence-electron chi connectivity index (χ2n) is 5.19. The standard InChI is InChI=1S/C13H19N5/c1-17-8-11(6-16-17)12-7-15-10-18(12)13(9-14)4-2-3-5-13/h6-8,10H,2-5,9,14H2,1H3. The molecule has 0 unspecified atom stereocenters. The maximum atomic E-state index is 6.04. The lowest BCUT2D eigenvalue weighted by molar-refractivity contribution is 0.307. The Labute approximate surface area is 107 Å². The van der Waals surface area contributed by atoms with Crippen LogP contribution in [0.3, 0.4) is 0 Å². The molecule has 96 valence electrons. The lowest BCUT2D eigenvalue weighted by Crippen LogP contribution is -2.38. The number of aryl methyl sites for hydroxylation is 1. The van der Waals surface area contributed by atoms with E-state index in [4.69, 9.17) is 5.73 Å². The molecule has 3 rings (SSSR count). The van der Waals surface area contributed by atoms with Gasteiger partial charge in [0.2, 0.25) is 0 Å². The van der Waals surface area contributed by atoms with Crippen LogP contribution in [0.25, 0.3) is 11.3 Å². The minimum Gasteiger partial charge on any atom is -0.328 e. The Morgan fingerprint density at radius 3 is 2.72 bits per heavy atom. The van der Waals surface area contributed by atoms with Crippen LogP contribution >= 0.6 is 0 Å². The summed E-state index contributed by atoms with van der Waals surface area (Å²) in [7, 11) is 1.93. The van der Waals surface area contributed by atoms with Crippen LogP contribution in [0, 0.1) is 0 Å². The zero-order valence-corrected chi connectivity index (χ0v) is 10.7. The maximum Gasteiger partial charge on any atom is 0.0956 e. The zero-order chi connectivity index (χ0) is 12.6. The van der Waals surface area contributed by atoms with Gasteiger partial charge in [-0.1, -0.05) is 12.8 Å². The van der Waals surface area contributed by atoms with E-state index in [9.17, 15) is 0 Å². The van der Waals surface area contributed by atoms with Gasteiger partial charge in [-0.05, 0) is 12.8 Å². The Kier molecular flexibility index (Phi) is 2.70. The Morgan fingerprint density at radius 1 is 1.33 bits per heavy atom. The fraction of sp³-hybridized carbons (Fsp3) is 0.538. The van der Waals surface area contributed by atoms with Crippen molar-refractivity contribution in [2.75, 3.05) is 6.54 Å². The first-order valence-electron chi connectivity index (χ1n) is 6.47. The molecule has 0 spiro atoms. The average molecular weight is 245 g/mol. The van der Waals surface area contributed by atoms with E-state index < -0.39 is 0 Å². The van der Waals surface area contributed by atoms with Gasteiger partial charge in [0, 0.05) is 25.4 Å². The number of aromatic nitrogens is 4. The van der Waals surface area contributed by atoms with E-state index in [0.717, 1.165) is 24.1 Å². The highest BCUT2D eigenvalue weighted by molar-refractivity contribution is 5.57. The molecule has 0 radical (unpaired) electrons. The third-order valence-corrected chi connectivity index (χ3v) is 4.06. The summed E-state index contributed by atoms with van der Waals surface area (Å²) in [5.74, 6) is 0. The molecule has 5 nitrogen and oxygen atoms in total. The molecule has 0 aliphatic heterocycles. The van der Waals surface area contributed by atoms with Crippen molar-refractivity contribution >= 4 is 0 Å². The molecular formula is C13H19N5. The lowest BCUT2D eigenvalue weighted by atomic mass is 9.96. The number of nitrogens with two attached hydrogens (primary N) is 1. The highest BCUT2D eigenvalue weighted by atomic mass is 15.2. The molecule has 18 heavy (non-hydrogen) atoms. The van der Waals surface area contributed by atoms with Crippen molar-refractivity contribution in [1.82, 2.24) is 19.3 Å². The molecular weight excluding hydrogens is 226 g/mol. The van der Waals surface area contributed by atoms with Crippen molar-refractivity contribution in [3.8, 4) is 11.3 Å². The summed E-state index contributed by atoms with van der Waals surface area (Å²) in [4.78, 5) is 4.32. The molecule has 0 amide bonds. The smallest absolute Gasteiger partial charge is 0.0956 e. The predicted molar refractivity (Wildman–Crippen MR) is 69.9 cm³/mol.